The molecule has 0 aromatic heterocycles. The van der Waals surface area contributed by atoms with E-state index in [1.165, 1.54) is 6.42 Å². The number of piperazine rings is 1. The Bertz CT molecular complexity index is 409. The van der Waals surface area contributed by atoms with E-state index >= 15 is 0 Å². The molecule has 104 valence electrons. The minimum atomic E-state index is 0.124. The Morgan fingerprint density at radius 3 is 2.32 bits per heavy atom. The molecular weight excluding hydrogens is 240 g/mol. The van der Waals surface area contributed by atoms with Gasteiger partial charge in [0.05, 0.1) is 7.11 Å². The zero-order valence-electron chi connectivity index (χ0n) is 11.8. The van der Waals surface area contributed by atoms with Gasteiger partial charge in [-0.25, -0.2) is 0 Å². The first-order valence-corrected chi connectivity index (χ1v) is 6.90. The van der Waals surface area contributed by atoms with Gasteiger partial charge in [0, 0.05) is 31.7 Å². The fourth-order valence-electron chi connectivity index (χ4n) is 2.41. The summed E-state index contributed by atoms with van der Waals surface area (Å²) in [6, 6.07) is 7.33. The average molecular weight is 262 g/mol. The molecule has 0 bridgehead atoms. The summed E-state index contributed by atoms with van der Waals surface area (Å²) in [7, 11) is 1.63. The van der Waals surface area contributed by atoms with Crippen LogP contribution in [0, 0.1) is 0 Å². The van der Waals surface area contributed by atoms with Crippen molar-refractivity contribution in [2.24, 2.45) is 0 Å². The van der Waals surface area contributed by atoms with Crippen molar-refractivity contribution in [3.8, 4) is 5.75 Å². The number of carbonyl (C=O) groups is 1. The van der Waals surface area contributed by atoms with Crippen molar-refractivity contribution in [3.63, 3.8) is 0 Å². The van der Waals surface area contributed by atoms with Gasteiger partial charge in [0.15, 0.2) is 0 Å². The van der Waals surface area contributed by atoms with E-state index in [1.807, 2.05) is 29.2 Å². The fraction of sp³-hybridized carbons (Fsp3) is 0.533. The summed E-state index contributed by atoms with van der Waals surface area (Å²) in [5.74, 6) is 0.906. The van der Waals surface area contributed by atoms with E-state index < -0.39 is 0 Å². The van der Waals surface area contributed by atoms with Crippen LogP contribution in [0.5, 0.6) is 5.75 Å². The lowest BCUT2D eigenvalue weighted by molar-refractivity contribution is 0.0637. The molecule has 1 aromatic carbocycles. The van der Waals surface area contributed by atoms with Crippen LogP contribution in [0.4, 0.5) is 0 Å². The van der Waals surface area contributed by atoms with E-state index in [1.54, 1.807) is 7.11 Å². The van der Waals surface area contributed by atoms with Gasteiger partial charge in [-0.05, 0) is 37.2 Å². The Morgan fingerprint density at radius 2 is 1.79 bits per heavy atom. The van der Waals surface area contributed by atoms with E-state index in [0.29, 0.717) is 0 Å². The van der Waals surface area contributed by atoms with Gasteiger partial charge < -0.3 is 9.64 Å². The van der Waals surface area contributed by atoms with Crippen LogP contribution < -0.4 is 4.74 Å². The van der Waals surface area contributed by atoms with Crippen LogP contribution in [0.3, 0.4) is 0 Å². The van der Waals surface area contributed by atoms with Crippen LogP contribution in [0.2, 0.25) is 0 Å². The number of rotatable bonds is 4. The van der Waals surface area contributed by atoms with Crippen molar-refractivity contribution in [2.75, 3.05) is 39.8 Å². The highest BCUT2D eigenvalue weighted by Crippen LogP contribution is 2.14. The average Bonchev–Trinajstić information content (AvgIpc) is 2.48. The van der Waals surface area contributed by atoms with Crippen LogP contribution in [-0.4, -0.2) is 55.5 Å². The van der Waals surface area contributed by atoms with Crippen LogP contribution in [0.25, 0.3) is 0 Å². The second-order valence-electron chi connectivity index (χ2n) is 4.86. The predicted molar refractivity (Wildman–Crippen MR) is 75.6 cm³/mol. The molecule has 0 spiro atoms. The SMILES string of the molecule is CCCN1CCN(C(=O)c2ccc(OC)cc2)CC1. The van der Waals surface area contributed by atoms with E-state index in [0.717, 1.165) is 44.0 Å². The monoisotopic (exact) mass is 262 g/mol. The molecule has 19 heavy (non-hydrogen) atoms. The first-order chi connectivity index (χ1) is 9.24. The second kappa shape index (κ2) is 6.57. The third-order valence-corrected chi connectivity index (χ3v) is 3.54. The summed E-state index contributed by atoms with van der Waals surface area (Å²) < 4.78 is 5.10. The van der Waals surface area contributed by atoms with E-state index in [2.05, 4.69) is 11.8 Å². The molecule has 4 heteroatoms. The molecule has 0 aliphatic carbocycles. The minimum Gasteiger partial charge on any atom is -0.497 e. The summed E-state index contributed by atoms with van der Waals surface area (Å²) in [6.07, 6.45) is 1.17. The van der Waals surface area contributed by atoms with Crippen molar-refractivity contribution < 1.29 is 9.53 Å². The molecule has 1 amide bonds. The van der Waals surface area contributed by atoms with Crippen molar-refractivity contribution in [1.29, 1.82) is 0 Å². The largest absolute Gasteiger partial charge is 0.497 e. The Balaban J connectivity index is 1.93. The Hall–Kier alpha value is -1.55. The van der Waals surface area contributed by atoms with Gasteiger partial charge in [-0.1, -0.05) is 6.92 Å². The molecule has 0 saturated carbocycles. The van der Waals surface area contributed by atoms with Crippen LogP contribution in [0.15, 0.2) is 24.3 Å². The molecule has 0 atom stereocenters. The van der Waals surface area contributed by atoms with Gasteiger partial charge in [-0.2, -0.15) is 0 Å². The highest BCUT2D eigenvalue weighted by Gasteiger charge is 2.21. The molecule has 0 N–H and O–H groups in total. The molecule has 2 rings (SSSR count). The number of hydrogen-bond donors (Lipinski definition) is 0. The Kier molecular flexibility index (Phi) is 4.80. The second-order valence-corrected chi connectivity index (χ2v) is 4.86. The van der Waals surface area contributed by atoms with E-state index in [4.69, 9.17) is 4.74 Å². The van der Waals surface area contributed by atoms with Crippen LogP contribution in [0.1, 0.15) is 23.7 Å². The zero-order valence-corrected chi connectivity index (χ0v) is 11.8. The molecule has 1 aliphatic heterocycles. The van der Waals surface area contributed by atoms with Gasteiger partial charge in [-0.3, -0.25) is 9.69 Å². The highest BCUT2D eigenvalue weighted by molar-refractivity contribution is 5.94. The molecule has 1 heterocycles. The molecular formula is C15H22N2O2. The van der Waals surface area contributed by atoms with Gasteiger partial charge in [0.1, 0.15) is 5.75 Å². The maximum absolute atomic E-state index is 12.3. The van der Waals surface area contributed by atoms with Crippen molar-refractivity contribution in [3.05, 3.63) is 29.8 Å². The van der Waals surface area contributed by atoms with Crippen LogP contribution >= 0.6 is 0 Å². The fourth-order valence-corrected chi connectivity index (χ4v) is 2.41. The van der Waals surface area contributed by atoms with Crippen molar-refractivity contribution in [2.45, 2.75) is 13.3 Å². The smallest absolute Gasteiger partial charge is 0.253 e. The zero-order chi connectivity index (χ0) is 13.7. The van der Waals surface area contributed by atoms with Gasteiger partial charge in [0.25, 0.3) is 5.91 Å². The number of hydrogen-bond acceptors (Lipinski definition) is 3. The topological polar surface area (TPSA) is 32.8 Å². The molecule has 0 radical (unpaired) electrons. The normalized spacial score (nSPS) is 16.4. The summed E-state index contributed by atoms with van der Waals surface area (Å²) in [6.45, 7) is 6.93. The quantitative estimate of drug-likeness (QED) is 0.830. The van der Waals surface area contributed by atoms with E-state index in [-0.39, 0.29) is 5.91 Å². The number of methoxy groups -OCH3 is 1. The highest BCUT2D eigenvalue weighted by atomic mass is 16.5. The lowest BCUT2D eigenvalue weighted by Gasteiger charge is -2.34. The number of nitrogens with zero attached hydrogens (tertiary/aromatic N) is 2. The first-order valence-electron chi connectivity index (χ1n) is 6.90. The number of benzene rings is 1. The molecule has 1 aliphatic rings. The third-order valence-electron chi connectivity index (χ3n) is 3.54. The Labute approximate surface area is 115 Å². The number of ether oxygens (including phenoxy) is 1. The third kappa shape index (κ3) is 3.47. The number of amides is 1. The molecule has 1 saturated heterocycles. The van der Waals surface area contributed by atoms with Crippen molar-refractivity contribution >= 4 is 5.91 Å². The first kappa shape index (κ1) is 13.9. The summed E-state index contributed by atoms with van der Waals surface area (Å²) in [5.41, 5.74) is 0.741. The number of carbonyl (C=O) groups excluding carboxylic acids is 1. The van der Waals surface area contributed by atoms with Gasteiger partial charge >= 0.3 is 0 Å². The maximum atomic E-state index is 12.3. The molecule has 1 fully saturated rings. The van der Waals surface area contributed by atoms with Crippen molar-refractivity contribution in [1.82, 2.24) is 9.80 Å². The summed E-state index contributed by atoms with van der Waals surface area (Å²) in [4.78, 5) is 16.7. The van der Waals surface area contributed by atoms with Gasteiger partial charge in [0.2, 0.25) is 0 Å². The van der Waals surface area contributed by atoms with Gasteiger partial charge in [-0.15, -0.1) is 0 Å². The minimum absolute atomic E-state index is 0.124. The molecule has 4 nitrogen and oxygen atoms in total. The lowest BCUT2D eigenvalue weighted by atomic mass is 10.1. The lowest BCUT2D eigenvalue weighted by Crippen LogP contribution is -2.48. The molecule has 0 unspecified atom stereocenters. The summed E-state index contributed by atoms with van der Waals surface area (Å²) in [5, 5.41) is 0. The molecule has 1 aromatic rings. The van der Waals surface area contributed by atoms with Crippen LogP contribution in [-0.2, 0) is 0 Å². The standard InChI is InChI=1S/C15H22N2O2/c1-3-8-16-9-11-17(12-10-16)15(18)13-4-6-14(19-2)7-5-13/h4-7H,3,8-12H2,1-2H3. The predicted octanol–water partition coefficient (Wildman–Crippen LogP) is 1.86. The Morgan fingerprint density at radius 1 is 1.16 bits per heavy atom. The van der Waals surface area contributed by atoms with E-state index in [9.17, 15) is 4.79 Å². The maximum Gasteiger partial charge on any atom is 0.253 e. The summed E-state index contributed by atoms with van der Waals surface area (Å²) >= 11 is 0.